The summed E-state index contributed by atoms with van der Waals surface area (Å²) in [5.74, 6) is -0.459. The van der Waals surface area contributed by atoms with Crippen molar-refractivity contribution in [2.75, 3.05) is 40.4 Å². The van der Waals surface area contributed by atoms with Gasteiger partial charge in [-0.15, -0.1) is 0 Å². The summed E-state index contributed by atoms with van der Waals surface area (Å²) in [6.45, 7) is 1.81. The summed E-state index contributed by atoms with van der Waals surface area (Å²) in [4.78, 5) is 29.4. The highest BCUT2D eigenvalue weighted by atomic mass is 79.9. The van der Waals surface area contributed by atoms with Gasteiger partial charge in [0.15, 0.2) is 11.5 Å². The molecule has 1 atom stereocenters. The number of carbonyl (C=O) groups is 2. The monoisotopic (exact) mass is 486 g/mol. The molecule has 1 fully saturated rings. The minimum absolute atomic E-state index is 0.0720. The standard InChI is InChI=1S/C23H23BrN2O5/c1-25(2)9-10-26-20(14-3-6-16(24)7-4-14)19(22(28)23(26)29)21(27)15-5-8-17-18(13-15)31-12-11-30-17/h3-8,13,20,27H,9-12H2,1-2H3/t20-/m0/s1. The molecule has 1 N–H and O–H groups in total. The van der Waals surface area contributed by atoms with Crippen LogP contribution in [-0.4, -0.2) is 67.0 Å². The number of aliphatic hydroxyl groups is 1. The summed E-state index contributed by atoms with van der Waals surface area (Å²) in [5, 5.41) is 11.2. The molecule has 8 heteroatoms. The fraction of sp³-hybridized carbons (Fsp3) is 0.304. The van der Waals surface area contributed by atoms with E-state index < -0.39 is 17.7 Å². The van der Waals surface area contributed by atoms with Gasteiger partial charge in [0.2, 0.25) is 0 Å². The molecule has 2 aromatic rings. The minimum Gasteiger partial charge on any atom is -0.507 e. The maximum absolute atomic E-state index is 13.0. The molecule has 162 valence electrons. The molecule has 0 spiro atoms. The minimum atomic E-state index is -0.695. The highest BCUT2D eigenvalue weighted by molar-refractivity contribution is 9.10. The van der Waals surface area contributed by atoms with Crippen LogP contribution in [0.15, 0.2) is 52.5 Å². The first-order chi connectivity index (χ1) is 14.9. The van der Waals surface area contributed by atoms with Gasteiger partial charge >= 0.3 is 0 Å². The third kappa shape index (κ3) is 4.18. The third-order valence-corrected chi connectivity index (χ3v) is 5.86. The molecule has 2 aliphatic rings. The van der Waals surface area contributed by atoms with Gasteiger partial charge in [0.25, 0.3) is 11.7 Å². The zero-order valence-corrected chi connectivity index (χ0v) is 18.9. The Morgan fingerprint density at radius 1 is 1.10 bits per heavy atom. The lowest BCUT2D eigenvalue weighted by Crippen LogP contribution is -2.35. The third-order valence-electron chi connectivity index (χ3n) is 5.33. The molecule has 0 unspecified atom stereocenters. The zero-order valence-electron chi connectivity index (χ0n) is 17.3. The Labute approximate surface area is 189 Å². The molecular formula is C23H23BrN2O5. The van der Waals surface area contributed by atoms with Crippen molar-refractivity contribution in [3.05, 3.63) is 63.6 Å². The quantitative estimate of drug-likeness (QED) is 0.397. The molecule has 4 rings (SSSR count). The summed E-state index contributed by atoms with van der Waals surface area (Å²) in [5.41, 5.74) is 1.22. The number of halogens is 1. The van der Waals surface area contributed by atoms with Crippen molar-refractivity contribution in [3.8, 4) is 11.5 Å². The first-order valence-corrected chi connectivity index (χ1v) is 10.7. The number of rotatable bonds is 5. The lowest BCUT2D eigenvalue weighted by atomic mass is 9.95. The number of ketones is 1. The first kappa shape index (κ1) is 21.4. The second kappa shape index (κ2) is 8.72. The molecule has 0 saturated carbocycles. The molecule has 0 aromatic heterocycles. The number of Topliss-reactive ketones (excluding diaryl/α,β-unsaturated/α-hetero) is 1. The first-order valence-electron chi connectivity index (χ1n) is 9.95. The number of benzene rings is 2. The van der Waals surface area contributed by atoms with E-state index in [0.29, 0.717) is 43.4 Å². The van der Waals surface area contributed by atoms with Crippen LogP contribution in [0.2, 0.25) is 0 Å². The average Bonchev–Trinajstić information content (AvgIpc) is 3.02. The fourth-order valence-corrected chi connectivity index (χ4v) is 4.02. The second-order valence-corrected chi connectivity index (χ2v) is 8.62. The highest BCUT2D eigenvalue weighted by Gasteiger charge is 2.45. The van der Waals surface area contributed by atoms with Crippen LogP contribution in [0.5, 0.6) is 11.5 Å². The molecular weight excluding hydrogens is 464 g/mol. The summed E-state index contributed by atoms with van der Waals surface area (Å²) in [7, 11) is 3.81. The van der Waals surface area contributed by atoms with E-state index in [1.807, 2.05) is 43.3 Å². The molecule has 2 heterocycles. The summed E-state index contributed by atoms with van der Waals surface area (Å²) < 4.78 is 12.0. The predicted molar refractivity (Wildman–Crippen MR) is 119 cm³/mol. The van der Waals surface area contributed by atoms with Crippen molar-refractivity contribution >= 4 is 33.4 Å². The number of ether oxygens (including phenoxy) is 2. The van der Waals surface area contributed by atoms with Crippen molar-refractivity contribution in [2.24, 2.45) is 0 Å². The molecule has 2 aliphatic heterocycles. The van der Waals surface area contributed by atoms with Gasteiger partial charge in [0.05, 0.1) is 11.6 Å². The number of fused-ring (bicyclic) bond motifs is 1. The molecule has 2 aromatic carbocycles. The summed E-state index contributed by atoms with van der Waals surface area (Å²) >= 11 is 3.42. The Bertz CT molecular complexity index is 1050. The SMILES string of the molecule is CN(C)CCN1C(=O)C(=O)C(=C(O)c2ccc3c(c2)OCCO3)[C@@H]1c1ccc(Br)cc1. The summed E-state index contributed by atoms with van der Waals surface area (Å²) in [6.07, 6.45) is 0. The normalized spacial score (nSPS) is 19.9. The van der Waals surface area contributed by atoms with Crippen LogP contribution in [0.4, 0.5) is 0 Å². The molecule has 1 amide bonds. The zero-order chi connectivity index (χ0) is 22.1. The van der Waals surface area contributed by atoms with E-state index in [-0.39, 0.29) is 11.3 Å². The van der Waals surface area contributed by atoms with E-state index in [2.05, 4.69) is 15.9 Å². The Hall–Kier alpha value is -2.84. The van der Waals surface area contributed by atoms with Crippen LogP contribution in [0.1, 0.15) is 17.2 Å². The van der Waals surface area contributed by atoms with Crippen LogP contribution in [0.3, 0.4) is 0 Å². The van der Waals surface area contributed by atoms with E-state index in [1.54, 1.807) is 18.2 Å². The van der Waals surface area contributed by atoms with Crippen molar-refractivity contribution < 1.29 is 24.2 Å². The van der Waals surface area contributed by atoms with Gasteiger partial charge in [-0.3, -0.25) is 9.59 Å². The van der Waals surface area contributed by atoms with E-state index >= 15 is 0 Å². The number of hydrogen-bond acceptors (Lipinski definition) is 6. The van der Waals surface area contributed by atoms with Gasteiger partial charge in [-0.05, 0) is 50.0 Å². The topological polar surface area (TPSA) is 79.3 Å². The number of carbonyl (C=O) groups excluding carboxylic acids is 2. The number of nitrogens with zero attached hydrogens (tertiary/aromatic N) is 2. The Morgan fingerprint density at radius 2 is 1.77 bits per heavy atom. The van der Waals surface area contributed by atoms with Gasteiger partial charge in [-0.1, -0.05) is 28.1 Å². The lowest BCUT2D eigenvalue weighted by molar-refractivity contribution is -0.140. The van der Waals surface area contributed by atoms with E-state index in [4.69, 9.17) is 9.47 Å². The molecule has 0 aliphatic carbocycles. The van der Waals surface area contributed by atoms with Crippen molar-refractivity contribution in [1.29, 1.82) is 0 Å². The van der Waals surface area contributed by atoms with Gasteiger partial charge in [0, 0.05) is 23.1 Å². The number of likely N-dealkylation sites (N-methyl/N-ethyl adjacent to an activating group) is 1. The fourth-order valence-electron chi connectivity index (χ4n) is 3.76. The van der Waals surface area contributed by atoms with Crippen molar-refractivity contribution in [1.82, 2.24) is 9.80 Å². The molecule has 0 bridgehead atoms. The van der Waals surface area contributed by atoms with Crippen LogP contribution in [-0.2, 0) is 9.59 Å². The number of likely N-dealkylation sites (tertiary alicyclic amines) is 1. The maximum atomic E-state index is 13.0. The molecule has 1 saturated heterocycles. The van der Waals surface area contributed by atoms with Gasteiger partial charge in [0.1, 0.15) is 19.0 Å². The van der Waals surface area contributed by atoms with Crippen LogP contribution < -0.4 is 9.47 Å². The van der Waals surface area contributed by atoms with Crippen LogP contribution in [0.25, 0.3) is 5.76 Å². The smallest absolute Gasteiger partial charge is 0.295 e. The van der Waals surface area contributed by atoms with Gasteiger partial charge < -0.3 is 24.4 Å². The Balaban J connectivity index is 1.81. The number of amides is 1. The predicted octanol–water partition coefficient (Wildman–Crippen LogP) is 3.20. The van der Waals surface area contributed by atoms with E-state index in [9.17, 15) is 14.7 Å². The van der Waals surface area contributed by atoms with Gasteiger partial charge in [-0.2, -0.15) is 0 Å². The van der Waals surface area contributed by atoms with E-state index in [1.165, 1.54) is 4.90 Å². The van der Waals surface area contributed by atoms with Crippen LogP contribution in [0, 0.1) is 0 Å². The highest BCUT2D eigenvalue weighted by Crippen LogP contribution is 2.41. The number of hydrogen-bond donors (Lipinski definition) is 1. The van der Waals surface area contributed by atoms with Gasteiger partial charge in [-0.25, -0.2) is 0 Å². The molecule has 0 radical (unpaired) electrons. The second-order valence-electron chi connectivity index (χ2n) is 7.71. The largest absolute Gasteiger partial charge is 0.507 e. The Kier molecular flexibility index (Phi) is 6.02. The van der Waals surface area contributed by atoms with Crippen molar-refractivity contribution in [3.63, 3.8) is 0 Å². The lowest BCUT2D eigenvalue weighted by Gasteiger charge is -2.26. The number of aliphatic hydroxyl groups excluding tert-OH is 1. The van der Waals surface area contributed by atoms with Crippen molar-refractivity contribution in [2.45, 2.75) is 6.04 Å². The Morgan fingerprint density at radius 3 is 2.45 bits per heavy atom. The van der Waals surface area contributed by atoms with Crippen LogP contribution >= 0.6 is 15.9 Å². The summed E-state index contributed by atoms with van der Waals surface area (Å²) in [6, 6.07) is 11.7. The average molecular weight is 487 g/mol. The molecule has 31 heavy (non-hydrogen) atoms. The molecule has 7 nitrogen and oxygen atoms in total. The maximum Gasteiger partial charge on any atom is 0.295 e. The van der Waals surface area contributed by atoms with E-state index in [0.717, 1.165) is 10.0 Å².